The van der Waals surface area contributed by atoms with E-state index < -0.39 is 152 Å². The van der Waals surface area contributed by atoms with Crippen molar-refractivity contribution in [1.29, 1.82) is 15.8 Å². The van der Waals surface area contributed by atoms with Crippen molar-refractivity contribution in [2.75, 3.05) is 0 Å². The van der Waals surface area contributed by atoms with Gasteiger partial charge in [0, 0.05) is 33.4 Å². The molecule has 1 saturated carbocycles. The van der Waals surface area contributed by atoms with Crippen LogP contribution in [0.25, 0.3) is 16.7 Å². The number of hydrogen-bond donors (Lipinski definition) is 0. The smallest absolute Gasteiger partial charge is 0.151 e. The summed E-state index contributed by atoms with van der Waals surface area (Å²) in [6, 6.07) is 4.45. The zero-order valence-electron chi connectivity index (χ0n) is 22.6. The summed E-state index contributed by atoms with van der Waals surface area (Å²) < 4.78 is 130. The summed E-state index contributed by atoms with van der Waals surface area (Å²) in [5, 5.41) is 23.6. The van der Waals surface area contributed by atoms with Crippen LogP contribution in [-0.4, -0.2) is 0 Å². The number of halogens is 15. The Morgan fingerprint density at radius 1 is 0.396 bits per heavy atom. The second-order valence-electron chi connectivity index (χ2n) is 9.31. The van der Waals surface area contributed by atoms with Crippen LogP contribution in [0.15, 0.2) is 16.7 Å². The van der Waals surface area contributed by atoms with Crippen LogP contribution in [0.1, 0.15) is 33.4 Å². The summed E-state index contributed by atoms with van der Waals surface area (Å²) >= 11 is 36.1. The quantitative estimate of drug-likeness (QED) is 0.142. The van der Waals surface area contributed by atoms with Gasteiger partial charge in [0.1, 0.15) is 38.2 Å². The van der Waals surface area contributed by atoms with Crippen LogP contribution < -0.4 is 0 Å². The molecule has 1 aliphatic rings. The lowest BCUT2D eigenvalue weighted by Crippen LogP contribution is -2.01. The minimum atomic E-state index is -1.75. The Hall–Kier alpha value is -3.54. The number of benzene rings is 3. The highest BCUT2D eigenvalue weighted by molar-refractivity contribution is 6.41. The second-order valence-corrected chi connectivity index (χ2v) is 11.6. The molecule has 3 nitrogen and oxygen atoms in total. The first-order chi connectivity index (χ1) is 22.6. The molecule has 0 bridgehead atoms. The molecule has 18 heteroatoms. The molecule has 0 aromatic heterocycles. The summed E-state index contributed by atoms with van der Waals surface area (Å²) in [5.74, 6) is -10.4. The van der Waals surface area contributed by atoms with E-state index in [9.17, 15) is 55.3 Å². The predicted molar refractivity (Wildman–Crippen MR) is 161 cm³/mol. The number of alkyl halides is 3. The molecule has 0 spiro atoms. The zero-order valence-corrected chi connectivity index (χ0v) is 27.2. The van der Waals surface area contributed by atoms with E-state index in [1.54, 1.807) is 0 Å². The molecule has 3 aromatic carbocycles. The van der Waals surface area contributed by atoms with Crippen molar-refractivity contribution in [3.8, 4) is 18.2 Å². The van der Waals surface area contributed by atoms with Crippen molar-refractivity contribution >= 4 is 86.3 Å². The lowest BCUT2D eigenvalue weighted by atomic mass is 10.00. The molecule has 0 unspecified atom stereocenters. The lowest BCUT2D eigenvalue weighted by molar-refractivity contribution is 0.439. The first kappa shape index (κ1) is 37.3. The Labute approximate surface area is 293 Å². The molecule has 48 heavy (non-hydrogen) atoms. The van der Waals surface area contributed by atoms with Gasteiger partial charge in [-0.3, -0.25) is 0 Å². The molecule has 0 aliphatic heterocycles. The minimum absolute atomic E-state index is 0.730. The summed E-state index contributed by atoms with van der Waals surface area (Å²) in [6.07, 6.45) is 0. The van der Waals surface area contributed by atoms with E-state index in [2.05, 4.69) is 0 Å². The first-order valence-electron chi connectivity index (χ1n) is 12.3. The van der Waals surface area contributed by atoms with Gasteiger partial charge in [0.2, 0.25) is 0 Å². The van der Waals surface area contributed by atoms with Gasteiger partial charge in [-0.05, 0) is 0 Å². The standard InChI is InChI=1S/C30H6Cl6F9N3/c31-19-16(20(32)26(41)7(1-37)25(19)40)10(4-46)13-14(11(5-47)17-21(33)27(42)8(2-38)28(43)22(17)34)15(13)12(6-48)18-23(35)29(44)9(3-39)30(45)24(18)36/h1-3H2. The monoisotopic (exact) mass is 789 g/mol. The molecule has 246 valence electrons. The topological polar surface area (TPSA) is 71.4 Å². The summed E-state index contributed by atoms with van der Waals surface area (Å²) in [4.78, 5) is 0. The van der Waals surface area contributed by atoms with E-state index in [4.69, 9.17) is 69.6 Å². The van der Waals surface area contributed by atoms with Gasteiger partial charge in [0.25, 0.3) is 0 Å². The van der Waals surface area contributed by atoms with Crippen LogP contribution in [0.2, 0.25) is 30.1 Å². The maximum atomic E-state index is 15.0. The zero-order chi connectivity index (χ0) is 36.1. The maximum absolute atomic E-state index is 15.0. The van der Waals surface area contributed by atoms with Crippen LogP contribution >= 0.6 is 69.6 Å². The predicted octanol–water partition coefficient (Wildman–Crippen LogP) is 12.1. The summed E-state index contributed by atoms with van der Waals surface area (Å²) in [5.41, 5.74) is -11.9. The highest BCUT2D eigenvalue weighted by Gasteiger charge is 2.45. The summed E-state index contributed by atoms with van der Waals surface area (Å²) in [7, 11) is 0. The van der Waals surface area contributed by atoms with Gasteiger partial charge in [0.05, 0.1) is 63.5 Å². The van der Waals surface area contributed by atoms with E-state index in [-0.39, 0.29) is 0 Å². The van der Waals surface area contributed by atoms with Crippen molar-refractivity contribution in [2.24, 2.45) is 0 Å². The molecular weight excluding hydrogens is 786 g/mol. The molecular formula is C30H6Cl6F9N3. The molecule has 0 heterocycles. The van der Waals surface area contributed by atoms with Crippen molar-refractivity contribution in [3.05, 3.63) is 115 Å². The Kier molecular flexibility index (Phi) is 11.0. The number of allylic oxidation sites excluding steroid dienone is 6. The molecule has 4 rings (SSSR count). The SMILES string of the molecule is N#CC(=C1C(=C(C#N)c2c(Cl)c(F)c(CF)c(F)c2Cl)C1=C(C#N)c1c(Cl)c(F)c(CF)c(F)c1Cl)c1c(Cl)c(F)c(CF)c(F)c1Cl. The average Bonchev–Trinajstić information content (AvgIpc) is 3.78. The molecule has 0 amide bonds. The van der Waals surface area contributed by atoms with Gasteiger partial charge in [-0.25, -0.2) is 39.5 Å². The molecule has 0 radical (unpaired) electrons. The molecule has 1 aliphatic carbocycles. The maximum Gasteiger partial charge on any atom is 0.151 e. The van der Waals surface area contributed by atoms with E-state index in [0.717, 1.165) is 0 Å². The minimum Gasteiger partial charge on any atom is -0.246 e. The van der Waals surface area contributed by atoms with E-state index >= 15 is 0 Å². The van der Waals surface area contributed by atoms with E-state index in [0.29, 0.717) is 0 Å². The van der Waals surface area contributed by atoms with Gasteiger partial charge in [-0.2, -0.15) is 15.8 Å². The molecule has 0 atom stereocenters. The fraction of sp³-hybridized carbons (Fsp3) is 0.100. The van der Waals surface area contributed by atoms with Crippen LogP contribution in [0.3, 0.4) is 0 Å². The largest absolute Gasteiger partial charge is 0.246 e. The van der Waals surface area contributed by atoms with Gasteiger partial charge < -0.3 is 0 Å². The fourth-order valence-corrected chi connectivity index (χ4v) is 6.65. The Balaban J connectivity index is 2.35. The van der Waals surface area contributed by atoms with Crippen molar-refractivity contribution in [1.82, 2.24) is 0 Å². The van der Waals surface area contributed by atoms with E-state index in [1.807, 2.05) is 0 Å². The van der Waals surface area contributed by atoms with Crippen LogP contribution in [0.5, 0.6) is 0 Å². The highest BCUT2D eigenvalue weighted by atomic mass is 35.5. The fourth-order valence-electron chi connectivity index (χ4n) is 4.69. The third kappa shape index (κ3) is 5.57. The molecule has 0 N–H and O–H groups in total. The number of rotatable bonds is 6. The third-order valence-electron chi connectivity index (χ3n) is 6.99. The van der Waals surface area contributed by atoms with Crippen molar-refractivity contribution in [3.63, 3.8) is 0 Å². The second kappa shape index (κ2) is 14.1. The van der Waals surface area contributed by atoms with Crippen LogP contribution in [-0.2, 0) is 20.0 Å². The molecule has 1 fully saturated rings. The van der Waals surface area contributed by atoms with Crippen LogP contribution in [0.4, 0.5) is 39.5 Å². The average molecular weight is 792 g/mol. The molecule has 0 saturated heterocycles. The van der Waals surface area contributed by atoms with Gasteiger partial charge in [-0.15, -0.1) is 0 Å². The number of nitriles is 3. The number of hydrogen-bond acceptors (Lipinski definition) is 3. The van der Waals surface area contributed by atoms with Gasteiger partial charge in [0.15, 0.2) is 34.9 Å². The van der Waals surface area contributed by atoms with Gasteiger partial charge >= 0.3 is 0 Å². The summed E-state index contributed by atoms with van der Waals surface area (Å²) in [6.45, 7) is -5.26. The normalized spacial score (nSPS) is 12.1. The van der Waals surface area contributed by atoms with Crippen molar-refractivity contribution in [2.45, 2.75) is 20.0 Å². The Bertz CT molecular complexity index is 1860. The highest BCUT2D eigenvalue weighted by Crippen LogP contribution is 2.59. The van der Waals surface area contributed by atoms with Crippen LogP contribution in [0, 0.1) is 68.9 Å². The Morgan fingerprint density at radius 2 is 0.562 bits per heavy atom. The Morgan fingerprint density at radius 3 is 0.688 bits per heavy atom. The van der Waals surface area contributed by atoms with Gasteiger partial charge in [-0.1, -0.05) is 69.6 Å². The van der Waals surface area contributed by atoms with Crippen molar-refractivity contribution < 1.29 is 39.5 Å². The first-order valence-corrected chi connectivity index (χ1v) is 14.6. The lowest BCUT2D eigenvalue weighted by Gasteiger charge is -2.12. The van der Waals surface area contributed by atoms with E-state index in [1.165, 1.54) is 18.2 Å². The third-order valence-corrected chi connectivity index (χ3v) is 9.12. The molecule has 3 aromatic rings. The number of nitrogens with zero attached hydrogens (tertiary/aromatic N) is 3.